The lowest BCUT2D eigenvalue weighted by Crippen LogP contribution is -2.54. The molecule has 0 spiro atoms. The fourth-order valence-corrected chi connectivity index (χ4v) is 11.6. The molecule has 5 N–H and O–H groups in total. The number of likely N-dealkylation sites (tertiary alicyclic amines) is 1. The van der Waals surface area contributed by atoms with Crippen molar-refractivity contribution in [3.8, 4) is 33.3 Å². The maximum atomic E-state index is 14.4. The molecule has 6 aromatic rings. The molecule has 6 atom stereocenters. The SMILES string of the molecule is Cc1ncsc1-c1ccc([C@H](C)NC(=O)[C@@H]2C[C@@H](O)CN2C(=O)[C@@H](c2cc(N3CCN(CCOc4cc(N5C6CCC5CN(c5cc(-c7ccccc7O)nnc5N)C6)ccn4)CC3)no2)C(C)C)cc1. The first-order chi connectivity index (χ1) is 34.4. The Balaban J connectivity index is 0.703. The summed E-state index contributed by atoms with van der Waals surface area (Å²) in [5, 5.41) is 37.3. The molecule has 2 amide bonds. The minimum Gasteiger partial charge on any atom is -0.507 e. The van der Waals surface area contributed by atoms with Crippen LogP contribution < -0.4 is 30.5 Å². The molecular weight excluding hydrogens is 921 g/mol. The number of β-amino-alcohol motifs (C(OH)–C–C–N with tert-alkyl or cyclic N) is 1. The number of nitrogens with two attached hydrogens (primary N) is 1. The highest BCUT2D eigenvalue weighted by molar-refractivity contribution is 7.13. The van der Waals surface area contributed by atoms with Crippen molar-refractivity contribution in [2.75, 3.05) is 79.4 Å². The number of aromatic nitrogens is 5. The van der Waals surface area contributed by atoms with Crippen molar-refractivity contribution in [2.45, 2.75) is 83.1 Å². The van der Waals surface area contributed by atoms with Crippen LogP contribution in [-0.4, -0.2) is 140 Å². The highest BCUT2D eigenvalue weighted by Gasteiger charge is 2.44. The number of rotatable bonds is 15. The molecule has 18 nitrogen and oxygen atoms in total. The number of hydrogen-bond donors (Lipinski definition) is 4. The largest absolute Gasteiger partial charge is 0.507 e. The van der Waals surface area contributed by atoms with Gasteiger partial charge in [-0.3, -0.25) is 14.5 Å². The maximum absolute atomic E-state index is 14.4. The number of pyridine rings is 1. The Morgan fingerprint density at radius 2 is 1.69 bits per heavy atom. The van der Waals surface area contributed by atoms with Crippen LogP contribution in [0.25, 0.3) is 21.7 Å². The molecule has 2 aromatic carbocycles. The summed E-state index contributed by atoms with van der Waals surface area (Å²) in [5.41, 5.74) is 14.3. The van der Waals surface area contributed by atoms with Crippen molar-refractivity contribution in [2.24, 2.45) is 5.92 Å². The second kappa shape index (κ2) is 20.5. The molecule has 2 bridgehead atoms. The lowest BCUT2D eigenvalue weighted by molar-refractivity contribution is -0.141. The number of aromatic hydroxyl groups is 1. The van der Waals surface area contributed by atoms with Gasteiger partial charge in [-0.15, -0.1) is 21.5 Å². The average Bonchev–Trinajstić information content (AvgIpc) is 4.18. The number of phenols is 1. The number of phenolic OH excluding ortho intramolecular Hbond substituents is 1. The van der Waals surface area contributed by atoms with Crippen molar-refractivity contribution in [3.63, 3.8) is 0 Å². The van der Waals surface area contributed by atoms with Gasteiger partial charge >= 0.3 is 0 Å². The second-order valence-corrected chi connectivity index (χ2v) is 20.4. The molecule has 4 aliphatic heterocycles. The normalized spacial score (nSPS) is 21.2. The van der Waals surface area contributed by atoms with Gasteiger partial charge < -0.3 is 50.1 Å². The Kier molecular flexibility index (Phi) is 13.8. The Morgan fingerprint density at radius 3 is 2.41 bits per heavy atom. The molecular formula is C52H62N12O6S. The summed E-state index contributed by atoms with van der Waals surface area (Å²) in [5.74, 6) is 0.835. The zero-order chi connectivity index (χ0) is 49.3. The molecule has 4 aromatic heterocycles. The Bertz CT molecular complexity index is 2820. The number of anilines is 4. The molecule has 0 aliphatic carbocycles. The second-order valence-electron chi connectivity index (χ2n) is 19.6. The van der Waals surface area contributed by atoms with E-state index >= 15 is 0 Å². The topological polar surface area (TPSA) is 216 Å². The van der Waals surface area contributed by atoms with Gasteiger partial charge in [0.1, 0.15) is 24.3 Å². The number of nitrogens with zero attached hydrogens (tertiary/aromatic N) is 10. The Hall–Kier alpha value is -6.83. The van der Waals surface area contributed by atoms with Gasteiger partial charge in [-0.05, 0) is 68.0 Å². The molecule has 2 unspecified atom stereocenters. The summed E-state index contributed by atoms with van der Waals surface area (Å²) >= 11 is 1.59. The van der Waals surface area contributed by atoms with Crippen molar-refractivity contribution in [3.05, 3.63) is 102 Å². The summed E-state index contributed by atoms with van der Waals surface area (Å²) in [4.78, 5) is 49.0. The molecule has 19 heteroatoms. The van der Waals surface area contributed by atoms with Crippen LogP contribution in [0.2, 0.25) is 0 Å². The van der Waals surface area contributed by atoms with Gasteiger partial charge in [0.2, 0.25) is 17.7 Å². The van der Waals surface area contributed by atoms with Crippen LogP contribution in [0.4, 0.5) is 23.0 Å². The Morgan fingerprint density at radius 1 is 0.930 bits per heavy atom. The number of ether oxygens (including phenoxy) is 1. The van der Waals surface area contributed by atoms with Crippen LogP contribution in [0, 0.1) is 12.8 Å². The fourth-order valence-electron chi connectivity index (χ4n) is 10.8. The number of aliphatic hydroxyl groups is 1. The molecule has 4 fully saturated rings. The molecule has 71 heavy (non-hydrogen) atoms. The number of benzene rings is 2. The quantitative estimate of drug-likeness (QED) is 0.0945. The van der Waals surface area contributed by atoms with Gasteiger partial charge in [0.15, 0.2) is 17.4 Å². The number of amides is 2. The molecule has 10 rings (SSSR count). The number of aryl methyl sites for hydroxylation is 1. The minimum atomic E-state index is -0.818. The van der Waals surface area contributed by atoms with Crippen molar-refractivity contribution in [1.82, 2.24) is 40.4 Å². The van der Waals surface area contributed by atoms with Crippen molar-refractivity contribution in [1.29, 1.82) is 0 Å². The number of thiazole rings is 1. The van der Waals surface area contributed by atoms with Crippen LogP contribution in [0.1, 0.15) is 69.0 Å². The number of nitrogens with one attached hydrogen (secondary N) is 1. The summed E-state index contributed by atoms with van der Waals surface area (Å²) in [6.45, 7) is 13.7. The van der Waals surface area contributed by atoms with Crippen molar-refractivity contribution >= 4 is 46.2 Å². The molecule has 4 saturated heterocycles. The van der Waals surface area contributed by atoms with E-state index in [1.54, 1.807) is 23.5 Å². The number of para-hydroxylation sites is 1. The van der Waals surface area contributed by atoms with Crippen LogP contribution in [-0.2, 0) is 9.59 Å². The van der Waals surface area contributed by atoms with Crippen LogP contribution in [0.5, 0.6) is 11.6 Å². The maximum Gasteiger partial charge on any atom is 0.243 e. The van der Waals surface area contributed by atoms with E-state index in [1.165, 1.54) is 4.90 Å². The van der Waals surface area contributed by atoms with E-state index in [4.69, 9.17) is 15.0 Å². The van der Waals surface area contributed by atoms with E-state index in [-0.39, 0.29) is 54.6 Å². The lowest BCUT2D eigenvalue weighted by atomic mass is 9.91. The number of carbonyl (C=O) groups excluding carboxylic acids is 2. The number of nitrogen functional groups attached to an aromatic ring is 1. The van der Waals surface area contributed by atoms with E-state index in [0.29, 0.717) is 41.1 Å². The van der Waals surface area contributed by atoms with Gasteiger partial charge in [0.25, 0.3) is 0 Å². The fraction of sp³-hybridized carbons (Fsp3) is 0.442. The lowest BCUT2D eigenvalue weighted by Gasteiger charge is -2.43. The van der Waals surface area contributed by atoms with Gasteiger partial charge in [0.05, 0.1) is 39.6 Å². The van der Waals surface area contributed by atoms with E-state index in [1.807, 2.05) is 94.0 Å². The first-order valence-electron chi connectivity index (χ1n) is 24.7. The first kappa shape index (κ1) is 47.8. The highest BCUT2D eigenvalue weighted by atomic mass is 32.1. The Labute approximate surface area is 417 Å². The van der Waals surface area contributed by atoms with Crippen LogP contribution in [0.15, 0.2) is 89.0 Å². The summed E-state index contributed by atoms with van der Waals surface area (Å²) in [6, 6.07) is 22.5. The number of fused-ring (bicyclic) bond motifs is 2. The predicted octanol–water partition coefficient (Wildman–Crippen LogP) is 5.88. The van der Waals surface area contributed by atoms with Gasteiger partial charge in [0, 0.05) is 100 Å². The third-order valence-electron chi connectivity index (χ3n) is 14.6. The van der Waals surface area contributed by atoms with Crippen molar-refractivity contribution < 1.29 is 29.1 Å². The number of carbonyl (C=O) groups is 2. The van der Waals surface area contributed by atoms with E-state index < -0.39 is 18.1 Å². The minimum absolute atomic E-state index is 0.0664. The number of piperazine rings is 2. The van der Waals surface area contributed by atoms with Gasteiger partial charge in [-0.25, -0.2) is 9.97 Å². The van der Waals surface area contributed by atoms with Crippen LogP contribution in [0.3, 0.4) is 0 Å². The monoisotopic (exact) mass is 982 g/mol. The third kappa shape index (κ3) is 10.1. The smallest absolute Gasteiger partial charge is 0.243 e. The molecule has 8 heterocycles. The predicted molar refractivity (Wildman–Crippen MR) is 272 cm³/mol. The third-order valence-corrected chi connectivity index (χ3v) is 15.5. The highest BCUT2D eigenvalue weighted by Crippen LogP contribution is 2.40. The van der Waals surface area contributed by atoms with E-state index in [9.17, 15) is 19.8 Å². The van der Waals surface area contributed by atoms with Crippen LogP contribution >= 0.6 is 11.3 Å². The molecule has 4 aliphatic rings. The molecule has 372 valence electrons. The summed E-state index contributed by atoms with van der Waals surface area (Å²) in [7, 11) is 0. The number of hydrogen-bond acceptors (Lipinski definition) is 17. The van der Waals surface area contributed by atoms with E-state index in [2.05, 4.69) is 56.3 Å². The van der Waals surface area contributed by atoms with Gasteiger partial charge in [-0.1, -0.05) is 55.4 Å². The zero-order valence-electron chi connectivity index (χ0n) is 40.6. The standard InChI is InChI=1S/C52H62N12O6S/c1-31(2)48(52(68)63-29-39(65)24-43(63)51(67)56-32(3)34-9-11-35(12-10-34)49-33(4)55-30-71-49)45-26-46(59-70-45)61-19-17-60(18-20-61)21-22-69-47-23-36(15-16-54-47)64-37-13-14-38(64)28-62(27-37)42-25-41(57-58-50(42)53)40-7-5-6-8-44(40)66/h5-12,15-16,23,25-26,30-32,37-39,43,48,65-66H,13-14,17-22,24,27-29H2,1-4H3,(H2,53,58)(H,56,67)/t32-,37?,38?,39+,43-,48+/m0/s1. The molecule has 0 radical (unpaired) electrons. The summed E-state index contributed by atoms with van der Waals surface area (Å²) in [6.07, 6.45) is 3.27. The summed E-state index contributed by atoms with van der Waals surface area (Å²) < 4.78 is 12.2. The molecule has 0 saturated carbocycles. The average molecular weight is 983 g/mol. The number of aliphatic hydroxyl groups excluding tert-OH is 1. The zero-order valence-corrected chi connectivity index (χ0v) is 41.4. The first-order valence-corrected chi connectivity index (χ1v) is 25.5. The van der Waals surface area contributed by atoms with Gasteiger partial charge in [-0.2, -0.15) is 0 Å². The van der Waals surface area contributed by atoms with E-state index in [0.717, 1.165) is 91.7 Å².